The number of nitrogens with zero attached hydrogens (tertiary/aromatic N) is 1. The first-order chi connectivity index (χ1) is 14.9. The zero-order valence-electron chi connectivity index (χ0n) is 17.3. The van der Waals surface area contributed by atoms with Gasteiger partial charge in [-0.2, -0.15) is 0 Å². The fourth-order valence-corrected chi connectivity index (χ4v) is 4.09. The van der Waals surface area contributed by atoms with Crippen LogP contribution in [0.1, 0.15) is 34.2 Å². The van der Waals surface area contributed by atoms with Crippen molar-refractivity contribution in [1.29, 1.82) is 0 Å². The molecule has 0 fully saturated rings. The molecule has 4 aromatic rings. The fraction of sp³-hybridized carbons (Fsp3) is 0.167. The highest BCUT2D eigenvalue weighted by molar-refractivity contribution is 7.90. The van der Waals surface area contributed by atoms with Gasteiger partial charge in [-0.05, 0) is 48.7 Å². The Morgan fingerprint density at radius 2 is 1.81 bits per heavy atom. The predicted molar refractivity (Wildman–Crippen MR) is 122 cm³/mol. The molecule has 0 spiro atoms. The van der Waals surface area contributed by atoms with Crippen molar-refractivity contribution in [2.75, 3.05) is 5.75 Å². The molecule has 0 saturated carbocycles. The molecule has 0 aliphatic rings. The molecule has 4 rings (SSSR count). The second-order valence-electron chi connectivity index (χ2n) is 7.42. The average molecular weight is 434 g/mol. The van der Waals surface area contributed by atoms with Gasteiger partial charge in [0.25, 0.3) is 5.91 Å². The molecule has 0 radical (unpaired) electrons. The Hall–Kier alpha value is -3.45. The van der Waals surface area contributed by atoms with Crippen LogP contribution in [-0.2, 0) is 16.4 Å². The first-order valence-corrected chi connectivity index (χ1v) is 11.7. The molecule has 0 atom stereocenters. The molecule has 2 N–H and O–H groups in total. The van der Waals surface area contributed by atoms with Crippen LogP contribution in [0.4, 0.5) is 0 Å². The molecular weight excluding hydrogens is 410 g/mol. The zero-order chi connectivity index (χ0) is 22.0. The molecule has 1 amide bonds. The maximum absolute atomic E-state index is 12.4. The van der Waals surface area contributed by atoms with Gasteiger partial charge in [-0.15, -0.1) is 0 Å². The third-order valence-electron chi connectivity index (χ3n) is 5.15. The molecule has 0 aliphatic heterocycles. The highest BCUT2D eigenvalue weighted by Gasteiger charge is 2.18. The van der Waals surface area contributed by atoms with Crippen molar-refractivity contribution < 1.29 is 13.2 Å². The van der Waals surface area contributed by atoms with Gasteiger partial charge in [0.1, 0.15) is 5.69 Å². The van der Waals surface area contributed by atoms with Crippen molar-refractivity contribution in [2.45, 2.75) is 20.3 Å². The molecule has 31 heavy (non-hydrogen) atoms. The van der Waals surface area contributed by atoms with Gasteiger partial charge in [-0.1, -0.05) is 48.5 Å². The Morgan fingerprint density at radius 1 is 1.03 bits per heavy atom. The first-order valence-electron chi connectivity index (χ1n) is 10.0. The monoisotopic (exact) mass is 433 g/mol. The summed E-state index contributed by atoms with van der Waals surface area (Å²) in [5, 5.41) is 1.09. The maximum atomic E-state index is 12.4. The van der Waals surface area contributed by atoms with Gasteiger partial charge >= 0.3 is 0 Å². The van der Waals surface area contributed by atoms with E-state index in [0.29, 0.717) is 12.1 Å². The third kappa shape index (κ3) is 4.51. The van der Waals surface area contributed by atoms with Gasteiger partial charge in [0.2, 0.25) is 10.0 Å². The minimum atomic E-state index is -3.65. The summed E-state index contributed by atoms with van der Waals surface area (Å²) in [5.74, 6) is -0.894. The number of hydrogen-bond acceptors (Lipinski definition) is 4. The normalized spacial score (nSPS) is 11.5. The van der Waals surface area contributed by atoms with Crippen LogP contribution >= 0.6 is 0 Å². The number of carbonyl (C=O) groups excluding carboxylic acids is 1. The molecule has 0 aliphatic carbocycles. The van der Waals surface area contributed by atoms with Crippen molar-refractivity contribution >= 4 is 26.8 Å². The second kappa shape index (κ2) is 8.35. The first kappa shape index (κ1) is 20.8. The van der Waals surface area contributed by atoms with Crippen LogP contribution in [0.15, 0.2) is 66.7 Å². The van der Waals surface area contributed by atoms with Gasteiger partial charge in [-0.3, -0.25) is 4.79 Å². The smallest absolute Gasteiger partial charge is 0.283 e. The van der Waals surface area contributed by atoms with Gasteiger partial charge < -0.3 is 4.98 Å². The molecule has 158 valence electrons. The lowest BCUT2D eigenvalue weighted by atomic mass is 10.0. The highest BCUT2D eigenvalue weighted by atomic mass is 32.2. The molecule has 0 unspecified atom stereocenters. The molecule has 2 aromatic heterocycles. The Morgan fingerprint density at radius 3 is 2.55 bits per heavy atom. The Kier molecular flexibility index (Phi) is 5.61. The van der Waals surface area contributed by atoms with E-state index in [4.69, 9.17) is 0 Å². The van der Waals surface area contributed by atoms with E-state index >= 15 is 0 Å². The number of benzene rings is 2. The standard InChI is InChI=1S/C24H23N3O3S/c1-3-31(29,30)27-24(28)21-11-7-10-18(25-21)15-20-19-13-12-16(2)14-22(19)26-23(20)17-8-5-4-6-9-17/h4-14,26H,3,15H2,1-2H3,(H,27,28). The number of aromatic amines is 1. The zero-order valence-corrected chi connectivity index (χ0v) is 18.2. The van der Waals surface area contributed by atoms with Gasteiger partial charge in [0.05, 0.1) is 11.4 Å². The molecule has 0 bridgehead atoms. The van der Waals surface area contributed by atoms with Crippen LogP contribution in [0.25, 0.3) is 22.2 Å². The van der Waals surface area contributed by atoms with Crippen LogP contribution < -0.4 is 4.72 Å². The summed E-state index contributed by atoms with van der Waals surface area (Å²) < 4.78 is 25.5. The summed E-state index contributed by atoms with van der Waals surface area (Å²) in [6.45, 7) is 3.53. The molecule has 2 aromatic carbocycles. The number of rotatable bonds is 6. The van der Waals surface area contributed by atoms with E-state index in [2.05, 4.69) is 35.1 Å². The van der Waals surface area contributed by atoms with E-state index < -0.39 is 15.9 Å². The van der Waals surface area contributed by atoms with E-state index in [1.807, 2.05) is 41.1 Å². The second-order valence-corrected chi connectivity index (χ2v) is 9.43. The molecule has 2 heterocycles. The van der Waals surface area contributed by atoms with Crippen LogP contribution in [-0.4, -0.2) is 30.0 Å². The highest BCUT2D eigenvalue weighted by Crippen LogP contribution is 2.32. The summed E-state index contributed by atoms with van der Waals surface area (Å²) in [7, 11) is -3.65. The minimum absolute atomic E-state index is 0.0754. The van der Waals surface area contributed by atoms with Crippen LogP contribution in [0, 0.1) is 6.92 Å². The third-order valence-corrected chi connectivity index (χ3v) is 6.41. The number of pyridine rings is 1. The number of carbonyl (C=O) groups is 1. The van der Waals surface area contributed by atoms with E-state index in [1.54, 1.807) is 6.07 Å². The number of fused-ring (bicyclic) bond motifs is 1. The van der Waals surface area contributed by atoms with E-state index in [0.717, 1.165) is 33.3 Å². The minimum Gasteiger partial charge on any atom is -0.354 e. The van der Waals surface area contributed by atoms with Gasteiger partial charge in [-0.25, -0.2) is 18.1 Å². The summed E-state index contributed by atoms with van der Waals surface area (Å²) in [4.78, 5) is 20.3. The van der Waals surface area contributed by atoms with E-state index in [-0.39, 0.29) is 11.4 Å². The van der Waals surface area contributed by atoms with Gasteiger partial charge in [0.15, 0.2) is 0 Å². The Balaban J connectivity index is 1.74. The Bertz CT molecular complexity index is 1360. The number of H-pyrrole nitrogens is 1. The van der Waals surface area contributed by atoms with E-state index in [1.165, 1.54) is 13.0 Å². The van der Waals surface area contributed by atoms with Crippen LogP contribution in [0.2, 0.25) is 0 Å². The Labute approximate surface area is 181 Å². The number of aromatic nitrogens is 2. The SMILES string of the molecule is CCS(=O)(=O)NC(=O)c1cccc(Cc2c(-c3ccccc3)[nH]c3cc(C)ccc23)n1. The van der Waals surface area contributed by atoms with Crippen LogP contribution in [0.5, 0.6) is 0 Å². The maximum Gasteiger partial charge on any atom is 0.283 e. The molecule has 7 heteroatoms. The summed E-state index contributed by atoms with van der Waals surface area (Å²) in [6.07, 6.45) is 0.495. The predicted octanol–water partition coefficient (Wildman–Crippen LogP) is 4.21. The van der Waals surface area contributed by atoms with E-state index in [9.17, 15) is 13.2 Å². The lowest BCUT2D eigenvalue weighted by Gasteiger charge is -2.08. The topological polar surface area (TPSA) is 91.9 Å². The quantitative estimate of drug-likeness (QED) is 0.476. The lowest BCUT2D eigenvalue weighted by molar-refractivity contribution is 0.0976. The molecule has 0 saturated heterocycles. The molecule has 6 nitrogen and oxygen atoms in total. The average Bonchev–Trinajstić information content (AvgIpc) is 3.11. The molecular formula is C24H23N3O3S. The van der Waals surface area contributed by atoms with Crippen molar-refractivity contribution in [2.24, 2.45) is 0 Å². The summed E-state index contributed by atoms with van der Waals surface area (Å²) in [5.41, 5.74) is 6.10. The largest absolute Gasteiger partial charge is 0.354 e. The van der Waals surface area contributed by atoms with Gasteiger partial charge in [0, 0.05) is 23.0 Å². The van der Waals surface area contributed by atoms with Crippen LogP contribution in [0.3, 0.4) is 0 Å². The number of sulfonamides is 1. The van der Waals surface area contributed by atoms with Crippen molar-refractivity contribution in [3.63, 3.8) is 0 Å². The van der Waals surface area contributed by atoms with Crippen molar-refractivity contribution in [3.8, 4) is 11.3 Å². The summed E-state index contributed by atoms with van der Waals surface area (Å²) >= 11 is 0. The number of hydrogen-bond donors (Lipinski definition) is 2. The van der Waals surface area contributed by atoms with Crippen molar-refractivity contribution in [1.82, 2.24) is 14.7 Å². The van der Waals surface area contributed by atoms with Crippen molar-refractivity contribution in [3.05, 3.63) is 89.2 Å². The fourth-order valence-electron chi connectivity index (χ4n) is 3.56. The number of nitrogens with one attached hydrogen (secondary N) is 2. The summed E-state index contributed by atoms with van der Waals surface area (Å²) in [6, 6.07) is 21.4. The number of aryl methyl sites for hydroxylation is 1. The lowest BCUT2D eigenvalue weighted by Crippen LogP contribution is -2.32. The number of amides is 1.